The number of anilines is 1. The Morgan fingerprint density at radius 3 is 2.52 bits per heavy atom. The van der Waals surface area contributed by atoms with Crippen molar-refractivity contribution < 1.29 is 26.7 Å². The second kappa shape index (κ2) is 5.98. The predicted molar refractivity (Wildman–Crippen MR) is 90.8 cm³/mol. The van der Waals surface area contributed by atoms with E-state index in [0.29, 0.717) is 41.2 Å². The van der Waals surface area contributed by atoms with Gasteiger partial charge >= 0.3 is 6.18 Å². The Bertz CT molecular complexity index is 1100. The maximum absolute atomic E-state index is 14.0. The third-order valence-electron chi connectivity index (χ3n) is 4.60. The lowest BCUT2D eigenvalue weighted by Crippen LogP contribution is -2.12. The first-order valence-electron chi connectivity index (χ1n) is 7.99. The molecule has 3 nitrogen and oxygen atoms in total. The van der Waals surface area contributed by atoms with Crippen molar-refractivity contribution in [2.24, 2.45) is 0 Å². The minimum absolute atomic E-state index is 0.00801. The number of nitrogens with two attached hydrogens (primary N) is 1. The highest BCUT2D eigenvalue weighted by Crippen LogP contribution is 2.44. The van der Waals surface area contributed by atoms with E-state index in [1.165, 1.54) is 0 Å². The largest absolute Gasteiger partial charge is 0.433 e. The van der Waals surface area contributed by atoms with Crippen LogP contribution in [-0.2, 0) is 19.0 Å². The number of hydrogen-bond donors (Lipinski definition) is 1. The van der Waals surface area contributed by atoms with Crippen LogP contribution in [0.5, 0.6) is 0 Å². The molecule has 1 aliphatic rings. The van der Waals surface area contributed by atoms with Crippen molar-refractivity contribution in [1.82, 2.24) is 4.98 Å². The highest BCUT2D eigenvalue weighted by molar-refractivity contribution is 7.21. The molecule has 0 amide bonds. The molecule has 0 unspecified atom stereocenters. The van der Waals surface area contributed by atoms with Gasteiger partial charge in [-0.1, -0.05) is 0 Å². The number of benzene rings is 1. The van der Waals surface area contributed by atoms with E-state index in [1.807, 2.05) is 0 Å². The first-order chi connectivity index (χ1) is 12.7. The lowest BCUT2D eigenvalue weighted by atomic mass is 10.0. The van der Waals surface area contributed by atoms with Crippen molar-refractivity contribution in [3.8, 4) is 0 Å². The Balaban J connectivity index is 1.94. The molecule has 0 aliphatic heterocycles. The molecule has 0 fully saturated rings. The summed E-state index contributed by atoms with van der Waals surface area (Å²) in [6.45, 7) is 0. The zero-order chi connectivity index (χ0) is 19.5. The Kier molecular flexibility index (Phi) is 3.95. The number of hydrogen-bond acceptors (Lipinski definition) is 4. The van der Waals surface area contributed by atoms with Gasteiger partial charge in [-0.2, -0.15) is 13.2 Å². The SMILES string of the molecule is Nc1c(C(=O)c2ccc(F)cc2F)sc2nc(C(F)(F)F)c3c(c12)CCC3. The molecule has 1 aromatic carbocycles. The van der Waals surface area contributed by atoms with Gasteiger partial charge in [0.2, 0.25) is 5.78 Å². The van der Waals surface area contributed by atoms with E-state index in [0.717, 1.165) is 12.1 Å². The van der Waals surface area contributed by atoms with Crippen LogP contribution in [0, 0.1) is 11.6 Å². The first-order valence-corrected chi connectivity index (χ1v) is 8.80. The van der Waals surface area contributed by atoms with Gasteiger partial charge in [-0.25, -0.2) is 13.8 Å². The third-order valence-corrected chi connectivity index (χ3v) is 5.69. The monoisotopic (exact) mass is 398 g/mol. The number of halogens is 5. The number of carbonyl (C=O) groups is 1. The lowest BCUT2D eigenvalue weighted by Gasteiger charge is -2.12. The van der Waals surface area contributed by atoms with Crippen molar-refractivity contribution >= 4 is 33.0 Å². The number of fused-ring (bicyclic) bond motifs is 3. The predicted octanol–water partition coefficient (Wildman–Crippen LogP) is 4.90. The molecular weight excluding hydrogens is 387 g/mol. The van der Waals surface area contributed by atoms with Gasteiger partial charge in [0.25, 0.3) is 0 Å². The molecule has 0 saturated heterocycles. The van der Waals surface area contributed by atoms with Gasteiger partial charge < -0.3 is 5.73 Å². The normalized spacial score (nSPS) is 14.0. The molecule has 27 heavy (non-hydrogen) atoms. The minimum atomic E-state index is -4.62. The summed E-state index contributed by atoms with van der Waals surface area (Å²) in [5.41, 5.74) is 5.23. The quantitative estimate of drug-likeness (QED) is 0.494. The molecule has 0 spiro atoms. The van der Waals surface area contributed by atoms with Crippen molar-refractivity contribution in [1.29, 1.82) is 0 Å². The van der Waals surface area contributed by atoms with Gasteiger partial charge in [-0.3, -0.25) is 4.79 Å². The van der Waals surface area contributed by atoms with Gasteiger partial charge in [-0.15, -0.1) is 11.3 Å². The number of thiophene rings is 1. The molecule has 140 valence electrons. The molecule has 9 heteroatoms. The highest BCUT2D eigenvalue weighted by Gasteiger charge is 2.39. The van der Waals surface area contributed by atoms with Crippen LogP contribution in [-0.4, -0.2) is 10.8 Å². The molecule has 0 saturated carbocycles. The fourth-order valence-electron chi connectivity index (χ4n) is 3.45. The number of aryl methyl sites for hydroxylation is 1. The second-order valence-electron chi connectivity index (χ2n) is 6.25. The third kappa shape index (κ3) is 2.77. The summed E-state index contributed by atoms with van der Waals surface area (Å²) in [7, 11) is 0. The molecule has 0 radical (unpaired) electrons. The summed E-state index contributed by atoms with van der Waals surface area (Å²) >= 11 is 0.690. The fourth-order valence-corrected chi connectivity index (χ4v) is 4.53. The summed E-state index contributed by atoms with van der Waals surface area (Å²) in [4.78, 5) is 16.3. The first kappa shape index (κ1) is 17.8. The number of nitrogen functional groups attached to an aromatic ring is 1. The van der Waals surface area contributed by atoms with Crippen LogP contribution < -0.4 is 5.73 Å². The summed E-state index contributed by atoms with van der Waals surface area (Å²) in [5.74, 6) is -2.72. The van der Waals surface area contributed by atoms with Gasteiger partial charge in [0.15, 0.2) is 0 Å². The lowest BCUT2D eigenvalue weighted by molar-refractivity contribution is -0.141. The molecule has 4 rings (SSSR count). The van der Waals surface area contributed by atoms with Crippen molar-refractivity contribution in [3.05, 3.63) is 57.1 Å². The molecule has 3 aromatic rings. The maximum Gasteiger partial charge on any atom is 0.433 e. The van der Waals surface area contributed by atoms with Crippen molar-refractivity contribution in [2.45, 2.75) is 25.4 Å². The van der Waals surface area contributed by atoms with Gasteiger partial charge in [0.05, 0.1) is 11.3 Å². The maximum atomic E-state index is 14.0. The smallest absolute Gasteiger partial charge is 0.397 e. The van der Waals surface area contributed by atoms with Crippen LogP contribution in [0.15, 0.2) is 18.2 Å². The zero-order valence-corrected chi connectivity index (χ0v) is 14.4. The molecular formula is C18H11F5N2OS. The molecule has 0 atom stereocenters. The van der Waals surface area contributed by atoms with Gasteiger partial charge in [-0.05, 0) is 42.5 Å². The summed E-state index contributed by atoms with van der Waals surface area (Å²) in [6.07, 6.45) is -3.45. The van der Waals surface area contributed by atoms with E-state index in [2.05, 4.69) is 4.98 Å². The number of alkyl halides is 3. The van der Waals surface area contributed by atoms with Gasteiger partial charge in [0, 0.05) is 11.5 Å². The average Bonchev–Trinajstić information content (AvgIpc) is 3.17. The molecule has 0 bridgehead atoms. The number of carbonyl (C=O) groups excluding carboxylic acids is 1. The molecule has 2 N–H and O–H groups in total. The van der Waals surface area contributed by atoms with E-state index in [4.69, 9.17) is 5.73 Å². The standard InChI is InChI=1S/C18H11F5N2OS/c19-7-4-5-10(11(20)6-7)14(26)15-13(24)12-8-2-1-3-9(8)16(18(21,22)23)25-17(12)27-15/h4-6H,1-3,24H2. The van der Waals surface area contributed by atoms with E-state index in [-0.39, 0.29) is 27.4 Å². The van der Waals surface area contributed by atoms with E-state index in [1.54, 1.807) is 0 Å². The number of rotatable bonds is 2. The highest BCUT2D eigenvalue weighted by atomic mass is 32.1. The van der Waals surface area contributed by atoms with Crippen LogP contribution in [0.1, 0.15) is 38.5 Å². The van der Waals surface area contributed by atoms with Crippen LogP contribution in [0.3, 0.4) is 0 Å². The number of ketones is 1. The van der Waals surface area contributed by atoms with Crippen LogP contribution in [0.2, 0.25) is 0 Å². The minimum Gasteiger partial charge on any atom is -0.397 e. The van der Waals surface area contributed by atoms with Crippen molar-refractivity contribution in [2.75, 3.05) is 5.73 Å². The Hall–Kier alpha value is -2.55. The van der Waals surface area contributed by atoms with E-state index < -0.39 is 34.9 Å². The summed E-state index contributed by atoms with van der Waals surface area (Å²) < 4.78 is 67.1. The zero-order valence-electron chi connectivity index (χ0n) is 13.6. The van der Waals surface area contributed by atoms with Gasteiger partial charge in [0.1, 0.15) is 27.0 Å². The number of pyridine rings is 1. The molecule has 2 heterocycles. The van der Waals surface area contributed by atoms with Crippen LogP contribution in [0.25, 0.3) is 10.2 Å². The Morgan fingerprint density at radius 1 is 1.15 bits per heavy atom. The fraction of sp³-hybridized carbons (Fsp3) is 0.222. The summed E-state index contributed by atoms with van der Waals surface area (Å²) in [6, 6.07) is 2.47. The van der Waals surface area contributed by atoms with Crippen LogP contribution >= 0.6 is 11.3 Å². The summed E-state index contributed by atoms with van der Waals surface area (Å²) in [5, 5.41) is 0.325. The number of nitrogens with zero attached hydrogens (tertiary/aromatic N) is 1. The van der Waals surface area contributed by atoms with E-state index >= 15 is 0 Å². The van der Waals surface area contributed by atoms with Crippen LogP contribution in [0.4, 0.5) is 27.6 Å². The Labute approximate surface area is 153 Å². The van der Waals surface area contributed by atoms with Crippen molar-refractivity contribution in [3.63, 3.8) is 0 Å². The second-order valence-corrected chi connectivity index (χ2v) is 7.25. The number of aromatic nitrogens is 1. The Morgan fingerprint density at radius 2 is 1.85 bits per heavy atom. The molecule has 2 aromatic heterocycles. The topological polar surface area (TPSA) is 56.0 Å². The molecule has 1 aliphatic carbocycles. The van der Waals surface area contributed by atoms with E-state index in [9.17, 15) is 26.7 Å². The average molecular weight is 398 g/mol.